The molecule has 0 fully saturated rings. The molecule has 2 amide bonds. The lowest BCUT2D eigenvalue weighted by Gasteiger charge is -2.16. The van der Waals surface area contributed by atoms with Gasteiger partial charge in [0.15, 0.2) is 0 Å². The summed E-state index contributed by atoms with van der Waals surface area (Å²) in [5, 5.41) is 2.96. The Morgan fingerprint density at radius 1 is 1.43 bits per heavy atom. The molecular formula is C14H19ClN2O4. The number of carbonyl (C=O) groups excluding carboxylic acids is 2. The quantitative estimate of drug-likeness (QED) is 0.746. The Morgan fingerprint density at radius 2 is 2.14 bits per heavy atom. The summed E-state index contributed by atoms with van der Waals surface area (Å²) in [5.41, 5.74) is 6.07. The minimum atomic E-state index is -0.817. The predicted octanol–water partition coefficient (Wildman–Crippen LogP) is 0.898. The van der Waals surface area contributed by atoms with Crippen molar-refractivity contribution in [3.8, 4) is 5.75 Å². The first-order valence-electron chi connectivity index (χ1n) is 6.46. The van der Waals surface area contributed by atoms with Crippen molar-refractivity contribution < 1.29 is 19.1 Å². The number of amides is 2. The molecule has 21 heavy (non-hydrogen) atoms. The third-order valence-electron chi connectivity index (χ3n) is 2.77. The number of carbonyl (C=O) groups is 2. The maximum atomic E-state index is 11.6. The Bertz CT molecular complexity index is 508. The lowest BCUT2D eigenvalue weighted by molar-refractivity contribution is -0.130. The second-order valence-electron chi connectivity index (χ2n) is 4.33. The molecule has 116 valence electrons. The van der Waals surface area contributed by atoms with E-state index in [2.05, 4.69) is 5.32 Å². The molecule has 0 bridgehead atoms. The van der Waals surface area contributed by atoms with Crippen molar-refractivity contribution in [2.24, 2.45) is 5.73 Å². The molecule has 3 N–H and O–H groups in total. The number of halogens is 1. The van der Waals surface area contributed by atoms with Crippen LogP contribution in [0.4, 0.5) is 0 Å². The highest BCUT2D eigenvalue weighted by Crippen LogP contribution is 2.25. The summed E-state index contributed by atoms with van der Waals surface area (Å²) >= 11 is 6.02. The van der Waals surface area contributed by atoms with Gasteiger partial charge in [-0.2, -0.15) is 0 Å². The Kier molecular flexibility index (Phi) is 6.98. The van der Waals surface area contributed by atoms with Crippen LogP contribution in [0, 0.1) is 0 Å². The van der Waals surface area contributed by atoms with E-state index in [1.165, 1.54) is 7.11 Å². The van der Waals surface area contributed by atoms with E-state index in [0.29, 0.717) is 17.4 Å². The molecule has 0 aromatic heterocycles. The summed E-state index contributed by atoms with van der Waals surface area (Å²) in [6, 6.07) is 4.31. The van der Waals surface area contributed by atoms with Crippen LogP contribution in [-0.4, -0.2) is 38.2 Å². The van der Waals surface area contributed by atoms with Gasteiger partial charge < -0.3 is 20.5 Å². The number of hydrogen-bond donors (Lipinski definition) is 2. The standard InChI is InChI=1S/C14H19ClN2O4/c1-3-21-8-13(18)17-11(14(16)19)7-9-4-5-12(20-2)10(15)6-9/h4-6,11H,3,7-8H2,1-2H3,(H2,16,19)(H,17,18)/t11-/m0/s1. The molecule has 1 aromatic rings. The molecular weight excluding hydrogens is 296 g/mol. The normalized spacial score (nSPS) is 11.8. The molecule has 0 saturated heterocycles. The summed E-state index contributed by atoms with van der Waals surface area (Å²) in [4.78, 5) is 23.0. The third kappa shape index (κ3) is 5.61. The Labute approximate surface area is 128 Å². The highest BCUT2D eigenvalue weighted by atomic mass is 35.5. The van der Waals surface area contributed by atoms with E-state index in [-0.39, 0.29) is 18.9 Å². The van der Waals surface area contributed by atoms with Crippen LogP contribution in [0.15, 0.2) is 18.2 Å². The number of methoxy groups -OCH3 is 1. The smallest absolute Gasteiger partial charge is 0.246 e. The average Bonchev–Trinajstić information content (AvgIpc) is 2.44. The van der Waals surface area contributed by atoms with Crippen molar-refractivity contribution in [2.45, 2.75) is 19.4 Å². The van der Waals surface area contributed by atoms with E-state index >= 15 is 0 Å². The summed E-state index contributed by atoms with van der Waals surface area (Å²) < 4.78 is 10.0. The monoisotopic (exact) mass is 314 g/mol. The molecule has 1 rings (SSSR count). The maximum absolute atomic E-state index is 11.6. The van der Waals surface area contributed by atoms with Crippen LogP contribution >= 0.6 is 11.6 Å². The van der Waals surface area contributed by atoms with Gasteiger partial charge in [-0.15, -0.1) is 0 Å². The highest BCUT2D eigenvalue weighted by molar-refractivity contribution is 6.32. The van der Waals surface area contributed by atoms with Crippen molar-refractivity contribution in [2.75, 3.05) is 20.3 Å². The molecule has 0 spiro atoms. The van der Waals surface area contributed by atoms with Crippen LogP contribution in [0.3, 0.4) is 0 Å². The fourth-order valence-corrected chi connectivity index (χ4v) is 2.01. The van der Waals surface area contributed by atoms with E-state index < -0.39 is 11.9 Å². The topological polar surface area (TPSA) is 90.7 Å². The SMILES string of the molecule is CCOCC(=O)N[C@@H](Cc1ccc(OC)c(Cl)c1)C(N)=O. The van der Waals surface area contributed by atoms with Crippen molar-refractivity contribution in [1.82, 2.24) is 5.32 Å². The summed E-state index contributed by atoms with van der Waals surface area (Å²) in [5.74, 6) is -0.469. The second-order valence-corrected chi connectivity index (χ2v) is 4.74. The zero-order valence-corrected chi connectivity index (χ0v) is 12.8. The van der Waals surface area contributed by atoms with Crippen LogP contribution < -0.4 is 15.8 Å². The lowest BCUT2D eigenvalue weighted by atomic mass is 10.1. The van der Waals surface area contributed by atoms with Gasteiger partial charge in [0.05, 0.1) is 12.1 Å². The predicted molar refractivity (Wildman–Crippen MR) is 79.3 cm³/mol. The van der Waals surface area contributed by atoms with Gasteiger partial charge in [0.1, 0.15) is 18.4 Å². The number of primary amides is 1. The van der Waals surface area contributed by atoms with Gasteiger partial charge in [0.2, 0.25) is 11.8 Å². The van der Waals surface area contributed by atoms with Gasteiger partial charge in [0, 0.05) is 13.0 Å². The van der Waals surface area contributed by atoms with Gasteiger partial charge in [-0.1, -0.05) is 17.7 Å². The molecule has 0 unspecified atom stereocenters. The Balaban J connectivity index is 2.72. The van der Waals surface area contributed by atoms with Gasteiger partial charge in [-0.3, -0.25) is 9.59 Å². The van der Waals surface area contributed by atoms with Crippen molar-refractivity contribution in [1.29, 1.82) is 0 Å². The van der Waals surface area contributed by atoms with Crippen molar-refractivity contribution in [3.63, 3.8) is 0 Å². The molecule has 1 atom stereocenters. The van der Waals surface area contributed by atoms with Crippen LogP contribution in [0.25, 0.3) is 0 Å². The van der Waals surface area contributed by atoms with Crippen LogP contribution in [-0.2, 0) is 20.7 Å². The van der Waals surface area contributed by atoms with Gasteiger partial charge in [-0.05, 0) is 24.6 Å². The van der Waals surface area contributed by atoms with E-state index in [0.717, 1.165) is 5.56 Å². The molecule has 0 radical (unpaired) electrons. The number of benzene rings is 1. The van der Waals surface area contributed by atoms with E-state index in [1.54, 1.807) is 25.1 Å². The van der Waals surface area contributed by atoms with Gasteiger partial charge in [0.25, 0.3) is 0 Å². The number of rotatable bonds is 8. The molecule has 0 aliphatic rings. The van der Waals surface area contributed by atoms with Crippen molar-refractivity contribution in [3.05, 3.63) is 28.8 Å². The molecule has 6 nitrogen and oxygen atoms in total. The van der Waals surface area contributed by atoms with Gasteiger partial charge >= 0.3 is 0 Å². The lowest BCUT2D eigenvalue weighted by Crippen LogP contribution is -2.47. The molecule has 1 aromatic carbocycles. The number of nitrogens with two attached hydrogens (primary N) is 1. The van der Waals surface area contributed by atoms with Gasteiger partial charge in [-0.25, -0.2) is 0 Å². The summed E-state index contributed by atoms with van der Waals surface area (Å²) in [6.45, 7) is 2.09. The van der Waals surface area contributed by atoms with E-state index in [1.807, 2.05) is 0 Å². The fourth-order valence-electron chi connectivity index (χ4n) is 1.73. The number of ether oxygens (including phenoxy) is 2. The van der Waals surface area contributed by atoms with Crippen LogP contribution in [0.5, 0.6) is 5.75 Å². The fraction of sp³-hybridized carbons (Fsp3) is 0.429. The minimum absolute atomic E-state index is 0.107. The molecule has 7 heteroatoms. The Hall–Kier alpha value is -1.79. The van der Waals surface area contributed by atoms with E-state index in [4.69, 9.17) is 26.8 Å². The largest absolute Gasteiger partial charge is 0.495 e. The molecule has 0 saturated carbocycles. The van der Waals surface area contributed by atoms with Crippen molar-refractivity contribution >= 4 is 23.4 Å². The highest BCUT2D eigenvalue weighted by Gasteiger charge is 2.19. The minimum Gasteiger partial charge on any atom is -0.495 e. The molecule has 0 aliphatic heterocycles. The summed E-state index contributed by atoms with van der Waals surface area (Å²) in [7, 11) is 1.51. The first-order valence-corrected chi connectivity index (χ1v) is 6.84. The van der Waals surface area contributed by atoms with Crippen LogP contribution in [0.1, 0.15) is 12.5 Å². The Morgan fingerprint density at radius 3 is 2.67 bits per heavy atom. The first kappa shape index (κ1) is 17.3. The summed E-state index contributed by atoms with van der Waals surface area (Å²) in [6.07, 6.45) is 0.247. The molecule has 0 aliphatic carbocycles. The second kappa shape index (κ2) is 8.49. The number of nitrogens with one attached hydrogen (secondary N) is 1. The van der Waals surface area contributed by atoms with Crippen LogP contribution in [0.2, 0.25) is 5.02 Å². The average molecular weight is 315 g/mol. The first-order chi connectivity index (χ1) is 9.97. The zero-order valence-electron chi connectivity index (χ0n) is 12.0. The zero-order chi connectivity index (χ0) is 15.8. The third-order valence-corrected chi connectivity index (χ3v) is 3.07. The maximum Gasteiger partial charge on any atom is 0.246 e. The van der Waals surface area contributed by atoms with E-state index in [9.17, 15) is 9.59 Å². The number of hydrogen-bond acceptors (Lipinski definition) is 4. The molecule has 0 heterocycles.